The third-order valence-corrected chi connectivity index (χ3v) is 4.47. The Bertz CT molecular complexity index is 228. The maximum absolute atomic E-state index is 5.55. The molecule has 92 valence electrons. The van der Waals surface area contributed by atoms with Crippen molar-refractivity contribution in [3.05, 3.63) is 0 Å². The lowest BCUT2D eigenvalue weighted by molar-refractivity contribution is 0.0624. The van der Waals surface area contributed by atoms with Crippen LogP contribution in [-0.4, -0.2) is 49.3 Å². The zero-order chi connectivity index (χ0) is 10.8. The van der Waals surface area contributed by atoms with Crippen molar-refractivity contribution in [2.24, 2.45) is 0 Å². The minimum Gasteiger partial charge on any atom is -0.380 e. The highest BCUT2D eigenvalue weighted by Gasteiger charge is 2.36. The number of nitrogens with one attached hydrogen (secondary N) is 1. The molecule has 0 radical (unpaired) electrons. The molecule has 0 aromatic rings. The fraction of sp³-hybridized carbons (Fsp3) is 1.00. The van der Waals surface area contributed by atoms with E-state index in [-0.39, 0.29) is 0 Å². The van der Waals surface area contributed by atoms with Gasteiger partial charge in [0.25, 0.3) is 0 Å². The lowest BCUT2D eigenvalue weighted by Crippen LogP contribution is -2.50. The maximum Gasteiger partial charge on any atom is 0.0619 e. The molecule has 0 spiro atoms. The van der Waals surface area contributed by atoms with Crippen LogP contribution in [0.2, 0.25) is 0 Å². The van der Waals surface area contributed by atoms with Gasteiger partial charge in [0, 0.05) is 31.3 Å². The first kappa shape index (κ1) is 11.0. The number of nitrogens with zero attached hydrogens (tertiary/aromatic N) is 1. The Labute approximate surface area is 98.5 Å². The van der Waals surface area contributed by atoms with Crippen molar-refractivity contribution in [3.8, 4) is 0 Å². The third-order valence-electron chi connectivity index (χ3n) is 4.47. The van der Waals surface area contributed by atoms with Crippen LogP contribution in [0.3, 0.4) is 0 Å². The molecule has 0 amide bonds. The summed E-state index contributed by atoms with van der Waals surface area (Å²) in [6, 6.07) is 2.20. The van der Waals surface area contributed by atoms with Crippen LogP contribution in [0.1, 0.15) is 38.5 Å². The molecule has 0 aliphatic carbocycles. The molecule has 3 aliphatic rings. The topological polar surface area (TPSA) is 24.5 Å². The number of ether oxygens (including phenoxy) is 1. The van der Waals surface area contributed by atoms with E-state index in [1.54, 1.807) is 0 Å². The number of piperidine rings is 1. The first-order valence-electron chi connectivity index (χ1n) is 7.01. The lowest BCUT2D eigenvalue weighted by atomic mass is 9.97. The SMILES string of the molecule is C1COCC(NC2CCN3CCCCC23)C1. The van der Waals surface area contributed by atoms with Gasteiger partial charge in [-0.25, -0.2) is 0 Å². The van der Waals surface area contributed by atoms with Crippen LogP contribution in [0.4, 0.5) is 0 Å². The number of hydrogen-bond donors (Lipinski definition) is 1. The van der Waals surface area contributed by atoms with E-state index in [0.717, 1.165) is 25.3 Å². The van der Waals surface area contributed by atoms with Gasteiger partial charge in [-0.2, -0.15) is 0 Å². The summed E-state index contributed by atoms with van der Waals surface area (Å²) in [7, 11) is 0. The van der Waals surface area contributed by atoms with E-state index in [1.807, 2.05) is 0 Å². The highest BCUT2D eigenvalue weighted by molar-refractivity contribution is 4.95. The van der Waals surface area contributed by atoms with Gasteiger partial charge in [0.05, 0.1) is 6.61 Å². The van der Waals surface area contributed by atoms with Crippen LogP contribution in [0.25, 0.3) is 0 Å². The number of rotatable bonds is 2. The van der Waals surface area contributed by atoms with Gasteiger partial charge >= 0.3 is 0 Å². The summed E-state index contributed by atoms with van der Waals surface area (Å²) < 4.78 is 5.55. The zero-order valence-corrected chi connectivity index (χ0v) is 10.2. The Morgan fingerprint density at radius 1 is 1.00 bits per heavy atom. The summed E-state index contributed by atoms with van der Waals surface area (Å²) in [6.07, 6.45) is 8.14. The second-order valence-electron chi connectivity index (χ2n) is 5.58. The average molecular weight is 224 g/mol. The Morgan fingerprint density at radius 2 is 2.00 bits per heavy atom. The average Bonchev–Trinajstić information content (AvgIpc) is 2.74. The van der Waals surface area contributed by atoms with Gasteiger partial charge in [-0.15, -0.1) is 0 Å². The second kappa shape index (κ2) is 5.03. The molecule has 3 rings (SSSR count). The van der Waals surface area contributed by atoms with Gasteiger partial charge < -0.3 is 10.1 Å². The minimum absolute atomic E-state index is 0.626. The molecule has 3 atom stereocenters. The van der Waals surface area contributed by atoms with Crippen LogP contribution in [0, 0.1) is 0 Å². The van der Waals surface area contributed by atoms with Gasteiger partial charge in [-0.3, -0.25) is 4.90 Å². The van der Waals surface area contributed by atoms with Gasteiger partial charge in [0.2, 0.25) is 0 Å². The summed E-state index contributed by atoms with van der Waals surface area (Å²) in [5.41, 5.74) is 0. The van der Waals surface area contributed by atoms with Gasteiger partial charge in [0.15, 0.2) is 0 Å². The fourth-order valence-corrected chi connectivity index (χ4v) is 3.62. The van der Waals surface area contributed by atoms with Crippen molar-refractivity contribution in [3.63, 3.8) is 0 Å². The Kier molecular flexibility index (Phi) is 3.46. The second-order valence-corrected chi connectivity index (χ2v) is 5.58. The molecule has 3 fully saturated rings. The van der Waals surface area contributed by atoms with Crippen molar-refractivity contribution in [2.45, 2.75) is 56.7 Å². The summed E-state index contributed by atoms with van der Waals surface area (Å²) in [5, 5.41) is 3.85. The quantitative estimate of drug-likeness (QED) is 0.767. The number of hydrogen-bond acceptors (Lipinski definition) is 3. The van der Waals surface area contributed by atoms with Gasteiger partial charge in [-0.1, -0.05) is 6.42 Å². The summed E-state index contributed by atoms with van der Waals surface area (Å²) in [5.74, 6) is 0. The molecule has 1 N–H and O–H groups in total. The Balaban J connectivity index is 1.54. The van der Waals surface area contributed by atoms with E-state index in [0.29, 0.717) is 6.04 Å². The molecule has 3 nitrogen and oxygen atoms in total. The standard InChI is InChI=1S/C13H24N2O/c1-2-7-15-8-6-12(13(15)5-1)14-11-4-3-9-16-10-11/h11-14H,1-10H2. The third kappa shape index (κ3) is 2.27. The summed E-state index contributed by atoms with van der Waals surface area (Å²) in [4.78, 5) is 2.70. The molecular weight excluding hydrogens is 200 g/mol. The molecule has 16 heavy (non-hydrogen) atoms. The van der Waals surface area contributed by atoms with Crippen molar-refractivity contribution >= 4 is 0 Å². The monoisotopic (exact) mass is 224 g/mol. The van der Waals surface area contributed by atoms with Crippen LogP contribution in [0.15, 0.2) is 0 Å². The molecule has 3 aliphatic heterocycles. The molecule has 3 saturated heterocycles. The molecule has 0 aromatic carbocycles. The van der Waals surface area contributed by atoms with Crippen LogP contribution < -0.4 is 5.32 Å². The van der Waals surface area contributed by atoms with Crippen molar-refractivity contribution in [1.29, 1.82) is 0 Å². The smallest absolute Gasteiger partial charge is 0.0619 e. The highest BCUT2D eigenvalue weighted by atomic mass is 16.5. The molecule has 0 bridgehead atoms. The van der Waals surface area contributed by atoms with E-state index < -0.39 is 0 Å². The van der Waals surface area contributed by atoms with Crippen molar-refractivity contribution in [1.82, 2.24) is 10.2 Å². The first-order chi connectivity index (χ1) is 7.93. The molecule has 0 aromatic heterocycles. The highest BCUT2D eigenvalue weighted by Crippen LogP contribution is 2.27. The van der Waals surface area contributed by atoms with E-state index in [9.17, 15) is 0 Å². The molecule has 0 saturated carbocycles. The Hall–Kier alpha value is -0.120. The van der Waals surface area contributed by atoms with Crippen LogP contribution in [0.5, 0.6) is 0 Å². The molecule has 3 heterocycles. The van der Waals surface area contributed by atoms with Crippen molar-refractivity contribution < 1.29 is 4.74 Å². The molecule has 3 heteroatoms. The molecular formula is C13H24N2O. The zero-order valence-electron chi connectivity index (χ0n) is 10.2. The lowest BCUT2D eigenvalue weighted by Gasteiger charge is -2.35. The Morgan fingerprint density at radius 3 is 2.88 bits per heavy atom. The van der Waals surface area contributed by atoms with E-state index in [2.05, 4.69) is 10.2 Å². The maximum atomic E-state index is 5.55. The fourth-order valence-electron chi connectivity index (χ4n) is 3.62. The first-order valence-corrected chi connectivity index (χ1v) is 7.01. The summed E-state index contributed by atoms with van der Waals surface area (Å²) >= 11 is 0. The van der Waals surface area contributed by atoms with Crippen LogP contribution >= 0.6 is 0 Å². The van der Waals surface area contributed by atoms with E-state index in [4.69, 9.17) is 4.74 Å². The molecule has 3 unspecified atom stereocenters. The normalized spacial score (nSPS) is 40.9. The summed E-state index contributed by atoms with van der Waals surface area (Å²) in [6.45, 7) is 4.56. The van der Waals surface area contributed by atoms with E-state index in [1.165, 1.54) is 51.6 Å². The van der Waals surface area contributed by atoms with Gasteiger partial charge in [-0.05, 0) is 38.6 Å². The van der Waals surface area contributed by atoms with Gasteiger partial charge in [0.1, 0.15) is 0 Å². The predicted octanol–water partition coefficient (Wildman–Crippen LogP) is 1.38. The van der Waals surface area contributed by atoms with Crippen LogP contribution in [-0.2, 0) is 4.74 Å². The van der Waals surface area contributed by atoms with E-state index >= 15 is 0 Å². The predicted molar refractivity (Wildman–Crippen MR) is 64.6 cm³/mol. The van der Waals surface area contributed by atoms with Crippen molar-refractivity contribution in [2.75, 3.05) is 26.3 Å². The largest absolute Gasteiger partial charge is 0.380 e. The number of fused-ring (bicyclic) bond motifs is 1. The minimum atomic E-state index is 0.626.